The Hall–Kier alpha value is -0.780. The Morgan fingerprint density at radius 1 is 1.06 bits per heavy atom. The van der Waals surface area contributed by atoms with Gasteiger partial charge >= 0.3 is 0 Å². The van der Waals surface area contributed by atoms with Gasteiger partial charge in [0.2, 0.25) is 0 Å². The van der Waals surface area contributed by atoms with Crippen molar-refractivity contribution in [2.75, 3.05) is 0 Å². The van der Waals surface area contributed by atoms with Crippen LogP contribution in [0.1, 0.15) is 45.1 Å². The summed E-state index contributed by atoms with van der Waals surface area (Å²) in [6.07, 6.45) is 7.00. The van der Waals surface area contributed by atoms with Crippen molar-refractivity contribution in [1.82, 2.24) is 0 Å². The van der Waals surface area contributed by atoms with E-state index in [0.717, 1.165) is 17.8 Å². The largest absolute Gasteiger partial charge is 0.0654 e. The molecule has 0 heterocycles. The summed E-state index contributed by atoms with van der Waals surface area (Å²) < 4.78 is 0. The van der Waals surface area contributed by atoms with Gasteiger partial charge in [0.25, 0.3) is 0 Å². The Bertz CT molecular complexity index is 301. The molecule has 0 heteroatoms. The molecule has 88 valence electrons. The van der Waals surface area contributed by atoms with Crippen LogP contribution >= 0.6 is 0 Å². The monoisotopic (exact) mass is 216 g/mol. The molecular weight excluding hydrogens is 192 g/mol. The molecule has 3 unspecified atom stereocenters. The van der Waals surface area contributed by atoms with E-state index in [9.17, 15) is 0 Å². The molecule has 0 amide bonds. The molecule has 0 aliphatic heterocycles. The van der Waals surface area contributed by atoms with E-state index < -0.39 is 0 Å². The molecule has 3 atom stereocenters. The number of benzene rings is 1. The Morgan fingerprint density at radius 3 is 2.44 bits per heavy atom. The number of hydrogen-bond acceptors (Lipinski definition) is 0. The van der Waals surface area contributed by atoms with Crippen molar-refractivity contribution < 1.29 is 0 Å². The second-order valence-corrected chi connectivity index (χ2v) is 5.44. The second kappa shape index (κ2) is 5.52. The molecule has 0 radical (unpaired) electrons. The van der Waals surface area contributed by atoms with Crippen LogP contribution in [0.3, 0.4) is 0 Å². The molecule has 2 rings (SSSR count). The summed E-state index contributed by atoms with van der Waals surface area (Å²) in [7, 11) is 0. The van der Waals surface area contributed by atoms with Gasteiger partial charge in [-0.25, -0.2) is 0 Å². The first-order chi connectivity index (χ1) is 7.81. The SMILES string of the molecule is CCCC1CCC(Cc2ccccc2)C1C. The summed E-state index contributed by atoms with van der Waals surface area (Å²) in [5, 5.41) is 0. The van der Waals surface area contributed by atoms with E-state index in [1.54, 1.807) is 0 Å². The van der Waals surface area contributed by atoms with Crippen LogP contribution in [0.15, 0.2) is 30.3 Å². The summed E-state index contributed by atoms with van der Waals surface area (Å²) in [6.45, 7) is 4.79. The van der Waals surface area contributed by atoms with Crippen molar-refractivity contribution in [3.05, 3.63) is 35.9 Å². The fourth-order valence-electron chi connectivity index (χ4n) is 3.32. The molecule has 1 aliphatic carbocycles. The van der Waals surface area contributed by atoms with Crippen LogP contribution in [0.4, 0.5) is 0 Å². The number of rotatable bonds is 4. The van der Waals surface area contributed by atoms with Crippen molar-refractivity contribution >= 4 is 0 Å². The number of hydrogen-bond donors (Lipinski definition) is 0. The maximum atomic E-state index is 2.47. The summed E-state index contributed by atoms with van der Waals surface area (Å²) in [6, 6.07) is 11.0. The molecule has 0 N–H and O–H groups in total. The quantitative estimate of drug-likeness (QED) is 0.685. The molecule has 0 spiro atoms. The fourth-order valence-corrected chi connectivity index (χ4v) is 3.32. The molecule has 0 nitrogen and oxygen atoms in total. The minimum Gasteiger partial charge on any atom is -0.0654 e. The minimum atomic E-state index is 0.930. The van der Waals surface area contributed by atoms with Crippen LogP contribution in [0, 0.1) is 17.8 Å². The van der Waals surface area contributed by atoms with E-state index in [1.165, 1.54) is 37.7 Å². The van der Waals surface area contributed by atoms with E-state index >= 15 is 0 Å². The highest BCUT2D eigenvalue weighted by Crippen LogP contribution is 2.40. The smallest absolute Gasteiger partial charge is 0.0248 e. The van der Waals surface area contributed by atoms with Crippen molar-refractivity contribution in [1.29, 1.82) is 0 Å². The molecule has 16 heavy (non-hydrogen) atoms. The third-order valence-corrected chi connectivity index (χ3v) is 4.40. The molecule has 1 aliphatic rings. The van der Waals surface area contributed by atoms with Crippen LogP contribution in [0.5, 0.6) is 0 Å². The van der Waals surface area contributed by atoms with Crippen LogP contribution in [0.2, 0.25) is 0 Å². The first kappa shape index (κ1) is 11.7. The van der Waals surface area contributed by atoms with Crippen LogP contribution in [-0.4, -0.2) is 0 Å². The highest BCUT2D eigenvalue weighted by Gasteiger charge is 2.31. The van der Waals surface area contributed by atoms with Crippen molar-refractivity contribution in [3.63, 3.8) is 0 Å². The predicted molar refractivity (Wildman–Crippen MR) is 70.4 cm³/mol. The Kier molecular flexibility index (Phi) is 4.04. The van der Waals surface area contributed by atoms with Gasteiger partial charge in [0.15, 0.2) is 0 Å². The molecule has 1 fully saturated rings. The lowest BCUT2D eigenvalue weighted by Gasteiger charge is -2.20. The van der Waals surface area contributed by atoms with Gasteiger partial charge in [-0.1, -0.05) is 57.0 Å². The lowest BCUT2D eigenvalue weighted by molar-refractivity contribution is 0.321. The van der Waals surface area contributed by atoms with E-state index in [-0.39, 0.29) is 0 Å². The molecule has 1 aromatic rings. The normalized spacial score (nSPS) is 29.5. The lowest BCUT2D eigenvalue weighted by atomic mass is 9.85. The topological polar surface area (TPSA) is 0 Å². The highest BCUT2D eigenvalue weighted by molar-refractivity contribution is 5.15. The van der Waals surface area contributed by atoms with Gasteiger partial charge in [0.1, 0.15) is 0 Å². The highest BCUT2D eigenvalue weighted by atomic mass is 14.4. The third-order valence-electron chi connectivity index (χ3n) is 4.40. The molecule has 0 bridgehead atoms. The summed E-state index contributed by atoms with van der Waals surface area (Å²) >= 11 is 0. The first-order valence-corrected chi connectivity index (χ1v) is 6.85. The predicted octanol–water partition coefficient (Wildman–Crippen LogP) is 4.69. The lowest BCUT2D eigenvalue weighted by Crippen LogP contribution is -2.13. The molecule has 1 saturated carbocycles. The van der Waals surface area contributed by atoms with Crippen molar-refractivity contribution in [2.24, 2.45) is 17.8 Å². The van der Waals surface area contributed by atoms with Gasteiger partial charge in [-0.15, -0.1) is 0 Å². The van der Waals surface area contributed by atoms with Crippen LogP contribution < -0.4 is 0 Å². The third kappa shape index (κ3) is 2.66. The van der Waals surface area contributed by atoms with Gasteiger partial charge in [0, 0.05) is 0 Å². The zero-order valence-corrected chi connectivity index (χ0v) is 10.7. The van der Waals surface area contributed by atoms with Gasteiger partial charge in [-0.05, 0) is 42.6 Å². The zero-order valence-electron chi connectivity index (χ0n) is 10.7. The molecule has 0 aromatic heterocycles. The van der Waals surface area contributed by atoms with Crippen LogP contribution in [0.25, 0.3) is 0 Å². The summed E-state index contributed by atoms with van der Waals surface area (Å²) in [5.41, 5.74) is 1.52. The first-order valence-electron chi connectivity index (χ1n) is 6.85. The average Bonchev–Trinajstić information content (AvgIpc) is 2.64. The van der Waals surface area contributed by atoms with E-state index in [0.29, 0.717) is 0 Å². The van der Waals surface area contributed by atoms with E-state index in [1.807, 2.05) is 0 Å². The van der Waals surface area contributed by atoms with Gasteiger partial charge < -0.3 is 0 Å². The molecule has 1 aromatic carbocycles. The van der Waals surface area contributed by atoms with Crippen LogP contribution in [-0.2, 0) is 6.42 Å². The van der Waals surface area contributed by atoms with Crippen molar-refractivity contribution in [2.45, 2.75) is 46.0 Å². The fraction of sp³-hybridized carbons (Fsp3) is 0.625. The van der Waals surface area contributed by atoms with Gasteiger partial charge in [-0.2, -0.15) is 0 Å². The molecule has 0 saturated heterocycles. The Balaban J connectivity index is 1.92. The second-order valence-electron chi connectivity index (χ2n) is 5.44. The average molecular weight is 216 g/mol. The van der Waals surface area contributed by atoms with E-state index in [2.05, 4.69) is 44.2 Å². The molecular formula is C16H24. The maximum Gasteiger partial charge on any atom is -0.0248 e. The Morgan fingerprint density at radius 2 is 1.75 bits per heavy atom. The van der Waals surface area contributed by atoms with E-state index in [4.69, 9.17) is 0 Å². The standard InChI is InChI=1S/C16H24/c1-3-7-15-10-11-16(13(15)2)12-14-8-5-4-6-9-14/h4-6,8-9,13,15-16H,3,7,10-12H2,1-2H3. The Labute approximate surface area is 100 Å². The minimum absolute atomic E-state index is 0.930. The van der Waals surface area contributed by atoms with Crippen molar-refractivity contribution in [3.8, 4) is 0 Å². The van der Waals surface area contributed by atoms with Gasteiger partial charge in [-0.3, -0.25) is 0 Å². The maximum absolute atomic E-state index is 2.47. The zero-order chi connectivity index (χ0) is 11.4. The summed E-state index contributed by atoms with van der Waals surface area (Å²) in [5.74, 6) is 2.86. The van der Waals surface area contributed by atoms with Gasteiger partial charge in [0.05, 0.1) is 0 Å². The summed E-state index contributed by atoms with van der Waals surface area (Å²) in [4.78, 5) is 0.